The monoisotopic (exact) mass is 1030 g/mol. The maximum absolute atomic E-state index is 14.0. The number of carbonyl (C=O) groups is 11. The number of aliphatic carboxylic acids is 2. The first-order valence-corrected chi connectivity index (χ1v) is 23.6. The average Bonchev–Trinajstić information content (AvgIpc) is 3.32. The van der Waals surface area contributed by atoms with E-state index in [1.165, 1.54) is 24.3 Å². The van der Waals surface area contributed by atoms with E-state index >= 15 is 0 Å². The number of carbonyl (C=O) groups excluding carboxylic acids is 9. The SMILES string of the molecule is CC[C@H](C)[C@H](NC(=O)[C@H](CO)NC(=O)CNC(=O)[C@H](Cc1ccc(O)cc1)NC(=O)[C@H](CCCCN)NC(=O)[C@H](CS)NC(=O)[C@@H](NC(=O)[C@H](CC(=O)O)NC(=O)[C@@H](N)CCC(N)=O)[C@@H](C)CC)C(=O)O. The van der Waals surface area contributed by atoms with Crippen LogP contribution in [-0.4, -0.2) is 159 Å². The Labute approximate surface area is 416 Å². The van der Waals surface area contributed by atoms with Gasteiger partial charge in [0.05, 0.1) is 25.6 Å². The number of primary amides is 1. The Morgan fingerprint density at radius 1 is 0.634 bits per heavy atom. The van der Waals surface area contributed by atoms with Crippen molar-refractivity contribution in [2.45, 2.75) is 134 Å². The number of amides is 9. The summed E-state index contributed by atoms with van der Waals surface area (Å²) in [5, 5.41) is 57.8. The maximum atomic E-state index is 14.0. The van der Waals surface area contributed by atoms with Crippen LogP contribution >= 0.6 is 12.6 Å². The molecule has 0 fully saturated rings. The number of nitrogens with two attached hydrogens (primary N) is 3. The highest BCUT2D eigenvalue weighted by atomic mass is 32.1. The number of phenolic OH excluding ortho intramolecular Hbond substituents is 1. The number of phenols is 1. The van der Waals surface area contributed by atoms with Crippen LogP contribution in [0.15, 0.2) is 24.3 Å². The maximum Gasteiger partial charge on any atom is 0.326 e. The van der Waals surface area contributed by atoms with Gasteiger partial charge in [-0.05, 0) is 61.8 Å². The molecule has 0 spiro atoms. The number of benzene rings is 1. The fraction of sp³-hybridized carbons (Fsp3) is 0.614. The molecule has 10 atom stereocenters. The molecular formula is C44H71N11O15S. The van der Waals surface area contributed by atoms with E-state index in [2.05, 4.69) is 55.2 Å². The van der Waals surface area contributed by atoms with Crippen molar-refractivity contribution in [2.24, 2.45) is 29.0 Å². The predicted octanol–water partition coefficient (Wildman–Crippen LogP) is -4.26. The van der Waals surface area contributed by atoms with Crippen molar-refractivity contribution in [1.82, 2.24) is 42.5 Å². The van der Waals surface area contributed by atoms with E-state index in [0.717, 1.165) is 0 Å². The van der Waals surface area contributed by atoms with E-state index in [9.17, 15) is 73.2 Å². The number of nitrogens with one attached hydrogen (secondary N) is 8. The van der Waals surface area contributed by atoms with Crippen molar-refractivity contribution in [3.63, 3.8) is 0 Å². The second-order valence-electron chi connectivity index (χ2n) is 16.9. The normalized spacial score (nSPS) is 15.2. The van der Waals surface area contributed by atoms with Crippen molar-refractivity contribution >= 4 is 77.7 Å². The van der Waals surface area contributed by atoms with Crippen LogP contribution in [0.3, 0.4) is 0 Å². The molecule has 0 radical (unpaired) electrons. The van der Waals surface area contributed by atoms with Crippen LogP contribution in [0.1, 0.15) is 84.6 Å². The summed E-state index contributed by atoms with van der Waals surface area (Å²) in [6.07, 6.45) is -0.260. The molecule has 0 saturated carbocycles. The summed E-state index contributed by atoms with van der Waals surface area (Å²) in [7, 11) is 0. The Morgan fingerprint density at radius 2 is 1.15 bits per heavy atom. The third-order valence-corrected chi connectivity index (χ3v) is 11.6. The molecule has 1 rings (SSSR count). The number of aromatic hydroxyl groups is 1. The van der Waals surface area contributed by atoms with E-state index in [1.54, 1.807) is 27.7 Å². The smallest absolute Gasteiger partial charge is 0.326 e. The number of aliphatic hydroxyl groups is 1. The lowest BCUT2D eigenvalue weighted by molar-refractivity contribution is -0.144. The molecule has 0 aliphatic heterocycles. The largest absolute Gasteiger partial charge is 0.508 e. The second kappa shape index (κ2) is 32.3. The molecule has 0 saturated heterocycles. The summed E-state index contributed by atoms with van der Waals surface area (Å²) in [5.74, 6) is -12.8. The highest BCUT2D eigenvalue weighted by Crippen LogP contribution is 2.14. The molecule has 9 amide bonds. The molecule has 26 nitrogen and oxygen atoms in total. The predicted molar refractivity (Wildman–Crippen MR) is 257 cm³/mol. The van der Waals surface area contributed by atoms with Crippen molar-refractivity contribution in [1.29, 1.82) is 0 Å². The Hall–Kier alpha value is -6.58. The first kappa shape index (κ1) is 62.4. The van der Waals surface area contributed by atoms with Crippen LogP contribution in [0.4, 0.5) is 0 Å². The van der Waals surface area contributed by atoms with Crippen LogP contribution in [0.2, 0.25) is 0 Å². The average molecular weight is 1030 g/mol. The quantitative estimate of drug-likeness (QED) is 0.0230. The molecule has 0 heterocycles. The number of aliphatic hydroxyl groups excluding tert-OH is 1. The molecule has 1 aromatic rings. The molecule has 0 aliphatic carbocycles. The summed E-state index contributed by atoms with van der Waals surface area (Å²) in [5.41, 5.74) is 17.0. The van der Waals surface area contributed by atoms with Crippen LogP contribution in [0, 0.1) is 11.8 Å². The zero-order valence-electron chi connectivity index (χ0n) is 40.2. The first-order chi connectivity index (χ1) is 33.4. The summed E-state index contributed by atoms with van der Waals surface area (Å²) < 4.78 is 0. The standard InChI is InChI=1S/C44H71N11O15S/c1-5-22(3)35(54-40(65)29(18-34(60)61)51-37(62)26(46)14-15-32(47)58)43(68)53-31(21-71)42(67)50-27(9-7-8-16-45)39(64)52-28(17-24-10-12-25(57)13-11-24)38(63)48-19-33(59)49-30(20-56)41(66)55-36(44(69)70)23(4)6-2/h10-13,22-23,26-31,35-36,56-57,71H,5-9,14-21,45-46H2,1-4H3,(H2,47,58)(H,48,63)(H,49,59)(H,50,67)(H,51,62)(H,52,64)(H,53,68)(H,54,65)(H,55,66)(H,60,61)(H,69,70)/t22-,23-,26-,27-,28-,29-,30-,31-,35-,36-/m0/s1. The van der Waals surface area contributed by atoms with Crippen LogP contribution < -0.4 is 59.7 Å². The van der Waals surface area contributed by atoms with Gasteiger partial charge in [-0.2, -0.15) is 12.6 Å². The fourth-order valence-corrected chi connectivity index (χ4v) is 6.81. The third kappa shape index (κ3) is 22.8. The van der Waals surface area contributed by atoms with Gasteiger partial charge in [0, 0.05) is 18.6 Å². The van der Waals surface area contributed by atoms with Gasteiger partial charge in [0.15, 0.2) is 0 Å². The van der Waals surface area contributed by atoms with Crippen molar-refractivity contribution in [3.8, 4) is 5.75 Å². The lowest BCUT2D eigenvalue weighted by Crippen LogP contribution is -2.61. The van der Waals surface area contributed by atoms with Gasteiger partial charge in [0.2, 0.25) is 53.2 Å². The highest BCUT2D eigenvalue weighted by Gasteiger charge is 2.35. The highest BCUT2D eigenvalue weighted by molar-refractivity contribution is 7.80. The summed E-state index contributed by atoms with van der Waals surface area (Å²) in [4.78, 5) is 142. The van der Waals surface area contributed by atoms with Crippen LogP contribution in [0.5, 0.6) is 5.75 Å². The van der Waals surface area contributed by atoms with Gasteiger partial charge in [0.1, 0.15) is 48.0 Å². The van der Waals surface area contributed by atoms with E-state index in [1.807, 2.05) is 0 Å². The number of carboxylic acids is 2. The topological polar surface area (TPSA) is 443 Å². The van der Waals surface area contributed by atoms with Crippen LogP contribution in [0.25, 0.3) is 0 Å². The Bertz CT molecular complexity index is 2000. The number of rotatable bonds is 34. The Kier molecular flexibility index (Phi) is 28.4. The zero-order chi connectivity index (χ0) is 54.0. The summed E-state index contributed by atoms with van der Waals surface area (Å²) in [6, 6.07) is -6.07. The minimum Gasteiger partial charge on any atom is -0.508 e. The van der Waals surface area contributed by atoms with E-state index in [0.29, 0.717) is 18.4 Å². The molecule has 398 valence electrons. The minimum absolute atomic E-state index is 0.0310. The second-order valence-corrected chi connectivity index (χ2v) is 17.3. The van der Waals surface area contributed by atoms with Gasteiger partial charge in [0.25, 0.3) is 0 Å². The van der Waals surface area contributed by atoms with Gasteiger partial charge in [-0.3, -0.25) is 47.9 Å². The van der Waals surface area contributed by atoms with E-state index in [-0.39, 0.29) is 56.6 Å². The third-order valence-electron chi connectivity index (χ3n) is 11.3. The number of hydrogen-bond donors (Lipinski definition) is 16. The van der Waals surface area contributed by atoms with Crippen molar-refractivity contribution < 1.29 is 73.2 Å². The molecule has 27 heteroatoms. The summed E-state index contributed by atoms with van der Waals surface area (Å²) in [6.45, 7) is 5.08. The van der Waals surface area contributed by atoms with Gasteiger partial charge < -0.3 is 80.2 Å². The Morgan fingerprint density at radius 3 is 1.69 bits per heavy atom. The molecular weight excluding hydrogens is 955 g/mol. The van der Waals surface area contributed by atoms with Crippen molar-refractivity contribution in [3.05, 3.63) is 29.8 Å². The molecule has 0 aromatic heterocycles. The summed E-state index contributed by atoms with van der Waals surface area (Å²) >= 11 is 4.22. The molecule has 1 aromatic carbocycles. The molecule has 0 unspecified atom stereocenters. The zero-order valence-corrected chi connectivity index (χ0v) is 41.1. The van der Waals surface area contributed by atoms with Crippen molar-refractivity contribution in [2.75, 3.05) is 25.4 Å². The van der Waals surface area contributed by atoms with Gasteiger partial charge in [-0.15, -0.1) is 0 Å². The minimum atomic E-state index is -1.72. The van der Waals surface area contributed by atoms with Crippen LogP contribution in [-0.2, 0) is 59.2 Å². The van der Waals surface area contributed by atoms with Gasteiger partial charge >= 0.3 is 11.9 Å². The van der Waals surface area contributed by atoms with E-state index in [4.69, 9.17) is 17.2 Å². The van der Waals surface area contributed by atoms with E-state index < -0.39 is 145 Å². The molecule has 71 heavy (non-hydrogen) atoms. The molecule has 0 bridgehead atoms. The Balaban J connectivity index is 3.33. The van der Waals surface area contributed by atoms with Gasteiger partial charge in [-0.1, -0.05) is 52.7 Å². The number of carboxylic acid groups (broad SMARTS) is 2. The lowest BCUT2D eigenvalue weighted by atomic mass is 9.97. The number of hydrogen-bond acceptors (Lipinski definition) is 16. The molecule has 18 N–H and O–H groups in total. The first-order valence-electron chi connectivity index (χ1n) is 23.0. The lowest BCUT2D eigenvalue weighted by Gasteiger charge is -2.29. The molecule has 0 aliphatic rings. The number of unbranched alkanes of at least 4 members (excludes halogenated alkanes) is 1. The number of thiol groups is 1. The fourth-order valence-electron chi connectivity index (χ4n) is 6.55. The van der Waals surface area contributed by atoms with Gasteiger partial charge in [-0.25, -0.2) is 4.79 Å².